The van der Waals surface area contributed by atoms with E-state index in [1.807, 2.05) is 0 Å². The molecule has 0 aliphatic rings. The molecular weight excluding hydrogens is 212 g/mol. The Morgan fingerprint density at radius 2 is 1.75 bits per heavy atom. The van der Waals surface area contributed by atoms with Crippen LogP contribution in [0.4, 0.5) is 4.79 Å². The number of ether oxygens (including phenoxy) is 2. The van der Waals surface area contributed by atoms with Gasteiger partial charge >= 0.3 is 6.16 Å². The summed E-state index contributed by atoms with van der Waals surface area (Å²) in [7, 11) is 0. The topological polar surface area (TPSA) is 76.0 Å². The second kappa shape index (κ2) is 13.7. The minimum Gasteiger partial charge on any atom is -0.403 e. The summed E-state index contributed by atoms with van der Waals surface area (Å²) < 4.78 is 8.23. The van der Waals surface area contributed by atoms with E-state index < -0.39 is 12.4 Å². The summed E-state index contributed by atoms with van der Waals surface area (Å²) in [6.45, 7) is 8.34. The van der Waals surface area contributed by atoms with E-state index in [1.165, 1.54) is 0 Å². The monoisotopic (exact) mass is 232 g/mol. The summed E-state index contributed by atoms with van der Waals surface area (Å²) in [4.78, 5) is 10.1. The summed E-state index contributed by atoms with van der Waals surface area (Å²) in [6, 6.07) is 0. The minimum atomic E-state index is -1.10. The van der Waals surface area contributed by atoms with Gasteiger partial charge < -0.3 is 19.7 Å². The van der Waals surface area contributed by atoms with Crippen LogP contribution in [0.5, 0.6) is 0 Å². The smallest absolute Gasteiger partial charge is 0.403 e. The van der Waals surface area contributed by atoms with Gasteiger partial charge in [-0.1, -0.05) is 32.9 Å². The van der Waals surface area contributed by atoms with E-state index in [1.54, 1.807) is 0 Å². The number of aliphatic hydroxyl groups is 2. The highest BCUT2D eigenvalue weighted by Gasteiger charge is 1.94. The van der Waals surface area contributed by atoms with Crippen LogP contribution < -0.4 is 0 Å². The van der Waals surface area contributed by atoms with Gasteiger partial charge in [0.05, 0.1) is 12.5 Å². The fraction of sp³-hybridized carbons (Fsp3) is 0.545. The zero-order valence-electron chi connectivity index (χ0n) is 9.59. The molecule has 0 rings (SSSR count). The largest absolute Gasteiger partial charge is 0.518 e. The molecule has 0 heterocycles. The first-order valence-electron chi connectivity index (χ1n) is 5.03. The van der Waals surface area contributed by atoms with E-state index in [2.05, 4.69) is 29.6 Å². The van der Waals surface area contributed by atoms with Crippen LogP contribution in [0.25, 0.3) is 0 Å². The Hall–Kier alpha value is -1.33. The van der Waals surface area contributed by atoms with Gasteiger partial charge in [-0.2, -0.15) is 0 Å². The zero-order valence-corrected chi connectivity index (χ0v) is 9.59. The van der Waals surface area contributed by atoms with E-state index in [4.69, 9.17) is 10.2 Å². The number of aliphatic hydroxyl groups excluding tert-OH is 1. The van der Waals surface area contributed by atoms with E-state index >= 15 is 0 Å². The van der Waals surface area contributed by atoms with Gasteiger partial charge in [0.1, 0.15) is 0 Å². The van der Waals surface area contributed by atoms with Crippen molar-refractivity contribution >= 4 is 6.16 Å². The van der Waals surface area contributed by atoms with Gasteiger partial charge in [0.2, 0.25) is 0 Å². The Morgan fingerprint density at radius 3 is 2.06 bits per heavy atom. The maximum absolute atomic E-state index is 10.1. The fourth-order valence-corrected chi connectivity index (χ4v) is 0.741. The van der Waals surface area contributed by atoms with Gasteiger partial charge in [0.15, 0.2) is 6.29 Å². The molecule has 0 aromatic rings. The van der Waals surface area contributed by atoms with E-state index in [0.29, 0.717) is 6.42 Å². The van der Waals surface area contributed by atoms with Crippen LogP contribution in [-0.2, 0) is 9.47 Å². The molecule has 16 heavy (non-hydrogen) atoms. The van der Waals surface area contributed by atoms with E-state index in [9.17, 15) is 4.79 Å². The van der Waals surface area contributed by atoms with Crippen LogP contribution in [0.1, 0.15) is 32.6 Å². The van der Waals surface area contributed by atoms with Crippen molar-refractivity contribution in [3.63, 3.8) is 0 Å². The first-order valence-corrected chi connectivity index (χ1v) is 5.03. The van der Waals surface area contributed by atoms with Crippen molar-refractivity contribution in [1.82, 2.24) is 0 Å². The van der Waals surface area contributed by atoms with Crippen LogP contribution in [-0.4, -0.2) is 22.7 Å². The number of rotatable bonds is 6. The molecule has 0 unspecified atom stereocenters. The molecule has 0 aliphatic carbocycles. The molecule has 0 aromatic carbocycles. The summed E-state index contributed by atoms with van der Waals surface area (Å²) in [5.41, 5.74) is 0. The van der Waals surface area contributed by atoms with Crippen LogP contribution in [0, 0.1) is 0 Å². The second-order valence-corrected chi connectivity index (χ2v) is 2.80. The SMILES string of the molecule is C=COC(=O)OC=C.CCCCCC(O)O. The first kappa shape index (κ1) is 17.1. The molecule has 0 saturated heterocycles. The van der Waals surface area contributed by atoms with Crippen molar-refractivity contribution in [2.75, 3.05) is 0 Å². The molecule has 0 bridgehead atoms. The Labute approximate surface area is 96.0 Å². The highest BCUT2D eigenvalue weighted by Crippen LogP contribution is 1.99. The lowest BCUT2D eigenvalue weighted by Gasteiger charge is -1.99. The van der Waals surface area contributed by atoms with Crippen molar-refractivity contribution < 1.29 is 24.5 Å². The third-order valence-electron chi connectivity index (χ3n) is 1.42. The Morgan fingerprint density at radius 1 is 1.25 bits per heavy atom. The van der Waals surface area contributed by atoms with Gasteiger partial charge in [-0.3, -0.25) is 0 Å². The van der Waals surface area contributed by atoms with Crippen LogP contribution in [0.3, 0.4) is 0 Å². The van der Waals surface area contributed by atoms with Gasteiger partial charge in [-0.05, 0) is 12.8 Å². The Bertz CT molecular complexity index is 177. The molecule has 0 aliphatic heterocycles. The van der Waals surface area contributed by atoms with Gasteiger partial charge in [-0.25, -0.2) is 4.79 Å². The third-order valence-corrected chi connectivity index (χ3v) is 1.42. The fourth-order valence-electron chi connectivity index (χ4n) is 0.741. The quantitative estimate of drug-likeness (QED) is 0.318. The normalized spacial score (nSPS) is 8.75. The molecule has 94 valence electrons. The molecule has 0 spiro atoms. The minimum absolute atomic E-state index is 0.522. The predicted octanol–water partition coefficient (Wildman–Crippen LogP) is 2.30. The summed E-state index contributed by atoms with van der Waals surface area (Å²) in [6.07, 6.45) is 3.71. The maximum Gasteiger partial charge on any atom is 0.518 e. The molecule has 0 amide bonds. The summed E-state index contributed by atoms with van der Waals surface area (Å²) in [5.74, 6) is 0. The number of carbonyl (C=O) groups is 1. The summed E-state index contributed by atoms with van der Waals surface area (Å²) >= 11 is 0. The molecule has 5 heteroatoms. The lowest BCUT2D eigenvalue weighted by Crippen LogP contribution is -2.02. The third kappa shape index (κ3) is 18.5. The number of hydrogen-bond acceptors (Lipinski definition) is 5. The van der Waals surface area contributed by atoms with Crippen molar-refractivity contribution in [3.8, 4) is 0 Å². The van der Waals surface area contributed by atoms with Gasteiger partial charge in [0.25, 0.3) is 0 Å². The van der Waals surface area contributed by atoms with Crippen molar-refractivity contribution in [3.05, 3.63) is 25.7 Å². The molecule has 0 saturated carbocycles. The zero-order chi connectivity index (χ0) is 12.8. The molecular formula is C11H20O5. The van der Waals surface area contributed by atoms with Crippen molar-refractivity contribution in [2.24, 2.45) is 0 Å². The molecule has 2 N–H and O–H groups in total. The Kier molecular flexibility index (Phi) is 14.6. The van der Waals surface area contributed by atoms with E-state index in [-0.39, 0.29) is 0 Å². The number of hydrogen-bond donors (Lipinski definition) is 2. The van der Waals surface area contributed by atoms with Gasteiger partial charge in [0, 0.05) is 0 Å². The van der Waals surface area contributed by atoms with Crippen LogP contribution in [0.2, 0.25) is 0 Å². The lowest BCUT2D eigenvalue weighted by atomic mass is 10.2. The highest BCUT2D eigenvalue weighted by molar-refractivity contribution is 5.61. The van der Waals surface area contributed by atoms with E-state index in [0.717, 1.165) is 31.8 Å². The summed E-state index contributed by atoms with van der Waals surface area (Å²) in [5, 5.41) is 16.7. The first-order chi connectivity index (χ1) is 7.58. The van der Waals surface area contributed by atoms with Crippen LogP contribution >= 0.6 is 0 Å². The van der Waals surface area contributed by atoms with Crippen molar-refractivity contribution in [1.29, 1.82) is 0 Å². The maximum atomic E-state index is 10.1. The molecule has 0 aromatic heterocycles. The average Bonchev–Trinajstić information content (AvgIpc) is 2.19. The molecule has 0 atom stereocenters. The second-order valence-electron chi connectivity index (χ2n) is 2.80. The molecule has 0 fully saturated rings. The van der Waals surface area contributed by atoms with Crippen LogP contribution in [0.15, 0.2) is 25.7 Å². The number of unbranched alkanes of at least 4 members (excludes halogenated alkanes) is 2. The lowest BCUT2D eigenvalue weighted by molar-refractivity contribution is -0.0465. The molecule has 0 radical (unpaired) electrons. The van der Waals surface area contributed by atoms with Crippen molar-refractivity contribution in [2.45, 2.75) is 38.9 Å². The average molecular weight is 232 g/mol. The van der Waals surface area contributed by atoms with Gasteiger partial charge in [-0.15, -0.1) is 0 Å². The highest BCUT2D eigenvalue weighted by atomic mass is 16.7. The Balaban J connectivity index is 0. The number of carbonyl (C=O) groups excluding carboxylic acids is 1. The standard InChI is InChI=1S/C6H14O2.C5H6O3/c1-2-3-4-5-6(7)8;1-3-7-5(6)8-4-2/h6-8H,2-5H2,1H3;3-4H,1-2H2. The predicted molar refractivity (Wildman–Crippen MR) is 60.3 cm³/mol. The molecule has 5 nitrogen and oxygen atoms in total.